The summed E-state index contributed by atoms with van der Waals surface area (Å²) in [5.74, 6) is 0.256. The number of carbonyl (C=O) groups is 1. The molecule has 0 radical (unpaired) electrons. The third kappa shape index (κ3) is 2.68. The third-order valence-electron chi connectivity index (χ3n) is 5.73. The van der Waals surface area contributed by atoms with Crippen LogP contribution in [0.25, 0.3) is 22.4 Å². The number of ketones is 1. The lowest BCUT2D eigenvalue weighted by Crippen LogP contribution is -2.36. The van der Waals surface area contributed by atoms with Gasteiger partial charge in [-0.2, -0.15) is 0 Å². The SMILES string of the molecule is O=C1C[C@@]12CCCC[C@@H]2Nc1nc(-c2c[nH]c3ncc(Cl)cc23)ncc1F. The number of rotatable bonds is 3. The number of aromatic nitrogens is 4. The van der Waals surface area contributed by atoms with Gasteiger partial charge in [-0.1, -0.05) is 24.4 Å². The summed E-state index contributed by atoms with van der Waals surface area (Å²) in [5.41, 5.74) is 1.03. The van der Waals surface area contributed by atoms with E-state index in [9.17, 15) is 9.18 Å². The van der Waals surface area contributed by atoms with Crippen LogP contribution >= 0.6 is 11.6 Å². The minimum atomic E-state index is -0.524. The van der Waals surface area contributed by atoms with Crippen LogP contribution < -0.4 is 5.32 Å². The van der Waals surface area contributed by atoms with Gasteiger partial charge in [0, 0.05) is 35.8 Å². The van der Waals surface area contributed by atoms with Gasteiger partial charge in [0.15, 0.2) is 17.5 Å². The number of fused-ring (bicyclic) bond motifs is 1. The highest BCUT2D eigenvalue weighted by atomic mass is 35.5. The van der Waals surface area contributed by atoms with Gasteiger partial charge in [0.1, 0.15) is 11.4 Å². The number of Topliss-reactive ketones (excluding diaryl/α,β-unsaturated/α-hetero) is 1. The highest BCUT2D eigenvalue weighted by Gasteiger charge is 2.59. The number of nitrogens with one attached hydrogen (secondary N) is 2. The summed E-state index contributed by atoms with van der Waals surface area (Å²) in [4.78, 5) is 27.8. The van der Waals surface area contributed by atoms with Crippen molar-refractivity contribution in [2.75, 3.05) is 5.32 Å². The zero-order chi connectivity index (χ0) is 18.6. The standard InChI is InChI=1S/C19H17ClFN5O/c20-10-5-11-12(8-23-16(11)22-7-10)17-24-9-13(21)18(26-17)25-14-3-1-2-4-19(14)6-15(19)27/h5,7-9,14H,1-4,6H2,(H,22,23)(H,24,25,26)/t14-,19+/m0/s1. The van der Waals surface area contributed by atoms with Gasteiger partial charge >= 0.3 is 0 Å². The number of hydrogen-bond acceptors (Lipinski definition) is 5. The van der Waals surface area contributed by atoms with Gasteiger partial charge in [-0.15, -0.1) is 0 Å². The first-order valence-corrected chi connectivity index (χ1v) is 9.40. The third-order valence-corrected chi connectivity index (χ3v) is 5.94. The molecule has 0 bridgehead atoms. The average molecular weight is 386 g/mol. The summed E-state index contributed by atoms with van der Waals surface area (Å²) >= 11 is 6.05. The maximum atomic E-state index is 14.4. The molecule has 2 aliphatic rings. The molecule has 0 unspecified atom stereocenters. The Morgan fingerprint density at radius 3 is 2.96 bits per heavy atom. The predicted molar refractivity (Wildman–Crippen MR) is 100 cm³/mol. The Labute approximate surface area is 159 Å². The van der Waals surface area contributed by atoms with Crippen LogP contribution in [0.1, 0.15) is 32.1 Å². The lowest BCUT2D eigenvalue weighted by Gasteiger charge is -2.31. The summed E-state index contributed by atoms with van der Waals surface area (Å²) in [7, 11) is 0. The first-order valence-electron chi connectivity index (χ1n) is 9.02. The van der Waals surface area contributed by atoms with E-state index in [2.05, 4.69) is 25.3 Å². The summed E-state index contributed by atoms with van der Waals surface area (Å²) in [6.45, 7) is 0. The minimum absolute atomic E-state index is 0.0740. The molecule has 3 aromatic heterocycles. The summed E-state index contributed by atoms with van der Waals surface area (Å²) in [6, 6.07) is 1.70. The molecule has 0 aliphatic heterocycles. The van der Waals surface area contributed by atoms with Crippen LogP contribution in [0.3, 0.4) is 0 Å². The van der Waals surface area contributed by atoms with E-state index in [1.54, 1.807) is 18.5 Å². The van der Waals surface area contributed by atoms with Crippen LogP contribution in [0.4, 0.5) is 10.2 Å². The molecule has 5 rings (SSSR count). The van der Waals surface area contributed by atoms with Crippen LogP contribution in [-0.4, -0.2) is 31.8 Å². The summed E-state index contributed by atoms with van der Waals surface area (Å²) in [6.07, 6.45) is 8.81. The molecule has 3 heterocycles. The van der Waals surface area contributed by atoms with Gasteiger partial charge in [0.05, 0.1) is 16.6 Å². The van der Waals surface area contributed by atoms with Gasteiger partial charge < -0.3 is 10.3 Å². The molecule has 0 aromatic carbocycles. The molecule has 138 valence electrons. The van der Waals surface area contributed by atoms with E-state index in [0.29, 0.717) is 28.5 Å². The van der Waals surface area contributed by atoms with E-state index in [4.69, 9.17) is 11.6 Å². The minimum Gasteiger partial charge on any atom is -0.364 e. The van der Waals surface area contributed by atoms with Crippen LogP contribution in [0.5, 0.6) is 0 Å². The Morgan fingerprint density at radius 1 is 1.30 bits per heavy atom. The number of H-pyrrole nitrogens is 1. The van der Waals surface area contributed by atoms with E-state index in [1.807, 2.05) is 0 Å². The second-order valence-corrected chi connectivity index (χ2v) is 7.78. The number of hydrogen-bond donors (Lipinski definition) is 2. The number of aromatic amines is 1. The molecule has 2 aliphatic carbocycles. The molecule has 3 aromatic rings. The maximum Gasteiger partial charge on any atom is 0.183 e. The maximum absolute atomic E-state index is 14.4. The Bertz CT molecular complexity index is 1070. The Morgan fingerprint density at radius 2 is 2.15 bits per heavy atom. The number of pyridine rings is 1. The molecule has 8 heteroatoms. The Hall–Kier alpha value is -2.54. The van der Waals surface area contributed by atoms with Crippen molar-refractivity contribution in [2.45, 2.75) is 38.1 Å². The number of halogens is 2. The second kappa shape index (κ2) is 5.99. The smallest absolute Gasteiger partial charge is 0.183 e. The topological polar surface area (TPSA) is 83.6 Å². The molecule has 2 fully saturated rings. The van der Waals surface area contributed by atoms with Crippen molar-refractivity contribution in [1.82, 2.24) is 19.9 Å². The molecule has 2 atom stereocenters. The summed E-state index contributed by atoms with van der Waals surface area (Å²) in [5, 5.41) is 4.47. The quantitative estimate of drug-likeness (QED) is 0.708. The fraction of sp³-hybridized carbons (Fsp3) is 0.368. The van der Waals surface area contributed by atoms with Crippen molar-refractivity contribution in [3.05, 3.63) is 35.5 Å². The van der Waals surface area contributed by atoms with Gasteiger partial charge in [0.25, 0.3) is 0 Å². The largest absolute Gasteiger partial charge is 0.364 e. The van der Waals surface area contributed by atoms with Gasteiger partial charge in [-0.05, 0) is 18.9 Å². The van der Waals surface area contributed by atoms with Crippen LogP contribution in [-0.2, 0) is 4.79 Å². The highest BCUT2D eigenvalue weighted by Crippen LogP contribution is 2.53. The molecule has 6 nitrogen and oxygen atoms in total. The normalized spacial score (nSPS) is 24.5. The number of carbonyl (C=O) groups excluding carboxylic acids is 1. The van der Waals surface area contributed by atoms with E-state index in [1.165, 1.54) is 0 Å². The molecule has 0 saturated heterocycles. The average Bonchev–Trinajstić information content (AvgIpc) is 3.11. The summed E-state index contributed by atoms with van der Waals surface area (Å²) < 4.78 is 14.4. The van der Waals surface area contributed by atoms with Crippen LogP contribution in [0, 0.1) is 11.2 Å². The molecule has 1 spiro atoms. The van der Waals surface area contributed by atoms with E-state index in [-0.39, 0.29) is 23.1 Å². The molecule has 2 saturated carbocycles. The van der Waals surface area contributed by atoms with E-state index >= 15 is 0 Å². The van der Waals surface area contributed by atoms with Crippen molar-refractivity contribution in [2.24, 2.45) is 5.41 Å². The van der Waals surface area contributed by atoms with E-state index in [0.717, 1.165) is 37.3 Å². The van der Waals surface area contributed by atoms with Crippen LogP contribution in [0.2, 0.25) is 5.02 Å². The van der Waals surface area contributed by atoms with Crippen molar-refractivity contribution < 1.29 is 9.18 Å². The fourth-order valence-corrected chi connectivity index (χ4v) is 4.32. The van der Waals surface area contributed by atoms with Gasteiger partial charge in [-0.25, -0.2) is 19.3 Å². The van der Waals surface area contributed by atoms with Crippen molar-refractivity contribution in [3.8, 4) is 11.4 Å². The number of anilines is 1. The molecule has 2 N–H and O–H groups in total. The van der Waals surface area contributed by atoms with Crippen molar-refractivity contribution >= 4 is 34.2 Å². The van der Waals surface area contributed by atoms with Crippen molar-refractivity contribution in [1.29, 1.82) is 0 Å². The molecular formula is C19H17ClFN5O. The zero-order valence-corrected chi connectivity index (χ0v) is 15.2. The highest BCUT2D eigenvalue weighted by molar-refractivity contribution is 6.31. The molecule has 0 amide bonds. The van der Waals surface area contributed by atoms with Gasteiger partial charge in [-0.3, -0.25) is 4.79 Å². The lowest BCUT2D eigenvalue weighted by atomic mass is 9.81. The predicted octanol–water partition coefficient (Wildman–Crippen LogP) is 4.13. The monoisotopic (exact) mass is 385 g/mol. The zero-order valence-electron chi connectivity index (χ0n) is 14.4. The lowest BCUT2D eigenvalue weighted by molar-refractivity contribution is -0.113. The number of nitrogens with zero attached hydrogens (tertiary/aromatic N) is 3. The Balaban J connectivity index is 1.51. The Kier molecular flexibility index (Phi) is 3.69. The van der Waals surface area contributed by atoms with E-state index < -0.39 is 5.82 Å². The molecular weight excluding hydrogens is 369 g/mol. The first kappa shape index (κ1) is 16.6. The molecule has 27 heavy (non-hydrogen) atoms. The fourth-order valence-electron chi connectivity index (χ4n) is 4.16. The van der Waals surface area contributed by atoms with Crippen molar-refractivity contribution in [3.63, 3.8) is 0 Å². The van der Waals surface area contributed by atoms with Crippen LogP contribution in [0.15, 0.2) is 24.7 Å². The first-order chi connectivity index (χ1) is 13.1. The second-order valence-electron chi connectivity index (χ2n) is 7.34. The van der Waals surface area contributed by atoms with Gasteiger partial charge in [0.2, 0.25) is 0 Å².